The van der Waals surface area contributed by atoms with Crippen LogP contribution in [0.3, 0.4) is 0 Å². The molecule has 2 heterocycles. The number of carbonyl (C=O) groups excluding carboxylic acids is 1. The second kappa shape index (κ2) is 5.47. The zero-order valence-electron chi connectivity index (χ0n) is 12.8. The van der Waals surface area contributed by atoms with E-state index in [0.717, 1.165) is 48.8 Å². The van der Waals surface area contributed by atoms with Gasteiger partial charge in [-0.05, 0) is 25.0 Å². The molecule has 110 valence electrons. The van der Waals surface area contributed by atoms with E-state index in [1.165, 1.54) is 0 Å². The van der Waals surface area contributed by atoms with Crippen LogP contribution in [0.4, 0.5) is 5.69 Å². The predicted molar refractivity (Wildman–Crippen MR) is 86.3 cm³/mol. The summed E-state index contributed by atoms with van der Waals surface area (Å²) in [6.07, 6.45) is 5.91. The van der Waals surface area contributed by atoms with Gasteiger partial charge in [0.1, 0.15) is 0 Å². The fourth-order valence-electron chi connectivity index (χ4n) is 3.59. The van der Waals surface area contributed by atoms with Gasteiger partial charge in [-0.1, -0.05) is 44.9 Å². The number of anilines is 1. The minimum atomic E-state index is -0.125. The first-order valence-corrected chi connectivity index (χ1v) is 7.87. The first-order valence-electron chi connectivity index (χ1n) is 7.87. The highest BCUT2D eigenvalue weighted by Gasteiger charge is 2.51. The van der Waals surface area contributed by atoms with E-state index in [1.54, 1.807) is 6.20 Å². The molecular formula is C18H22N2O. The molecule has 0 N–H and O–H groups in total. The van der Waals surface area contributed by atoms with Gasteiger partial charge in [-0.15, -0.1) is 0 Å². The molecule has 0 radical (unpaired) electrons. The molecule has 1 saturated heterocycles. The Morgan fingerprint density at radius 3 is 2.52 bits per heavy atom. The van der Waals surface area contributed by atoms with E-state index in [4.69, 9.17) is 0 Å². The third kappa shape index (κ3) is 2.21. The van der Waals surface area contributed by atoms with Crippen LogP contribution in [-0.4, -0.2) is 17.4 Å². The molecule has 3 rings (SSSR count). The van der Waals surface area contributed by atoms with Gasteiger partial charge in [0, 0.05) is 18.1 Å². The van der Waals surface area contributed by atoms with E-state index in [-0.39, 0.29) is 11.3 Å². The molecule has 0 atom stereocenters. The lowest BCUT2D eigenvalue weighted by atomic mass is 9.71. The molecule has 1 aliphatic heterocycles. The molecule has 1 amide bonds. The van der Waals surface area contributed by atoms with Gasteiger partial charge in [-0.2, -0.15) is 0 Å². The molecule has 3 heteroatoms. The molecule has 0 aliphatic carbocycles. The van der Waals surface area contributed by atoms with E-state index in [2.05, 4.69) is 18.8 Å². The third-order valence-electron chi connectivity index (χ3n) is 4.52. The van der Waals surface area contributed by atoms with Crippen molar-refractivity contribution in [3.05, 3.63) is 36.5 Å². The van der Waals surface area contributed by atoms with Crippen LogP contribution < -0.4 is 4.90 Å². The van der Waals surface area contributed by atoms with E-state index >= 15 is 0 Å². The van der Waals surface area contributed by atoms with Crippen molar-refractivity contribution in [1.29, 1.82) is 0 Å². The van der Waals surface area contributed by atoms with Crippen LogP contribution in [0, 0.1) is 5.41 Å². The number of benzene rings is 1. The van der Waals surface area contributed by atoms with Crippen LogP contribution in [-0.2, 0) is 4.79 Å². The van der Waals surface area contributed by atoms with Gasteiger partial charge < -0.3 is 4.90 Å². The summed E-state index contributed by atoms with van der Waals surface area (Å²) in [4.78, 5) is 19.2. The number of nitrogens with zero attached hydrogens (tertiary/aromatic N) is 2. The van der Waals surface area contributed by atoms with Crippen molar-refractivity contribution in [2.45, 2.75) is 39.5 Å². The normalized spacial score (nSPS) is 17.0. The highest BCUT2D eigenvalue weighted by Crippen LogP contribution is 2.44. The van der Waals surface area contributed by atoms with Gasteiger partial charge in [0.15, 0.2) is 0 Å². The SMILES string of the molecule is CCCC1(CCC)CN(c2cccc3cccnc23)C1=O. The largest absolute Gasteiger partial charge is 0.309 e. The fourth-order valence-corrected chi connectivity index (χ4v) is 3.59. The maximum atomic E-state index is 12.8. The number of fused-ring (bicyclic) bond motifs is 1. The molecule has 2 aromatic rings. The van der Waals surface area contributed by atoms with Crippen LogP contribution in [0.2, 0.25) is 0 Å². The van der Waals surface area contributed by atoms with Gasteiger partial charge in [0.2, 0.25) is 5.91 Å². The molecule has 0 saturated carbocycles. The first-order chi connectivity index (χ1) is 10.2. The summed E-state index contributed by atoms with van der Waals surface area (Å²) in [5.74, 6) is 0.282. The van der Waals surface area contributed by atoms with Crippen LogP contribution in [0.15, 0.2) is 36.5 Å². The van der Waals surface area contributed by atoms with Crippen molar-refractivity contribution in [1.82, 2.24) is 4.98 Å². The number of carbonyl (C=O) groups is 1. The van der Waals surface area contributed by atoms with E-state index in [1.807, 2.05) is 35.2 Å². The number of pyridine rings is 1. The average Bonchev–Trinajstić information content (AvgIpc) is 2.52. The monoisotopic (exact) mass is 282 g/mol. The minimum Gasteiger partial charge on any atom is -0.309 e. The number of β-lactam (4-membered cyclic amide) rings is 1. The summed E-state index contributed by atoms with van der Waals surface area (Å²) in [5, 5.41) is 1.09. The standard InChI is InChI=1S/C18H22N2O/c1-3-10-18(11-4-2)13-20(17(18)21)15-9-5-7-14-8-6-12-19-16(14)15/h5-9,12H,3-4,10-11,13H2,1-2H3. The fraction of sp³-hybridized carbons (Fsp3) is 0.444. The van der Waals surface area contributed by atoms with E-state index in [0.29, 0.717) is 0 Å². The summed E-state index contributed by atoms with van der Waals surface area (Å²) >= 11 is 0. The van der Waals surface area contributed by atoms with Gasteiger partial charge >= 0.3 is 0 Å². The first kappa shape index (κ1) is 14.1. The molecule has 1 aliphatic rings. The molecule has 1 aromatic heterocycles. The lowest BCUT2D eigenvalue weighted by molar-refractivity contribution is -0.136. The van der Waals surface area contributed by atoms with Crippen molar-refractivity contribution in [2.24, 2.45) is 5.41 Å². The van der Waals surface area contributed by atoms with Crippen molar-refractivity contribution >= 4 is 22.5 Å². The average molecular weight is 282 g/mol. The van der Waals surface area contributed by atoms with E-state index in [9.17, 15) is 4.79 Å². The number of hydrogen-bond acceptors (Lipinski definition) is 2. The number of hydrogen-bond donors (Lipinski definition) is 0. The van der Waals surface area contributed by atoms with Crippen molar-refractivity contribution in [2.75, 3.05) is 11.4 Å². The number of aromatic nitrogens is 1. The summed E-state index contributed by atoms with van der Waals surface area (Å²) in [7, 11) is 0. The van der Waals surface area contributed by atoms with Crippen LogP contribution in [0.25, 0.3) is 10.9 Å². The Labute approximate surface area is 126 Å². The Morgan fingerprint density at radius 2 is 1.86 bits per heavy atom. The quantitative estimate of drug-likeness (QED) is 0.771. The van der Waals surface area contributed by atoms with Gasteiger partial charge in [0.05, 0.1) is 16.6 Å². The lowest BCUT2D eigenvalue weighted by Crippen LogP contribution is -2.61. The summed E-state index contributed by atoms with van der Waals surface area (Å²) in [6.45, 7) is 5.16. The number of amides is 1. The Bertz CT molecular complexity index is 654. The molecule has 0 bridgehead atoms. The summed E-state index contributed by atoms with van der Waals surface area (Å²) < 4.78 is 0. The number of para-hydroxylation sites is 1. The molecular weight excluding hydrogens is 260 g/mol. The van der Waals surface area contributed by atoms with Crippen molar-refractivity contribution < 1.29 is 4.79 Å². The molecule has 3 nitrogen and oxygen atoms in total. The lowest BCUT2D eigenvalue weighted by Gasteiger charge is -2.49. The second-order valence-corrected chi connectivity index (χ2v) is 6.02. The maximum absolute atomic E-state index is 12.8. The van der Waals surface area contributed by atoms with Gasteiger partial charge in [-0.3, -0.25) is 9.78 Å². The maximum Gasteiger partial charge on any atom is 0.235 e. The van der Waals surface area contributed by atoms with E-state index < -0.39 is 0 Å². The Hall–Kier alpha value is -1.90. The molecule has 1 fully saturated rings. The van der Waals surface area contributed by atoms with Crippen LogP contribution in [0.1, 0.15) is 39.5 Å². The van der Waals surface area contributed by atoms with Gasteiger partial charge in [-0.25, -0.2) is 0 Å². The molecule has 0 unspecified atom stereocenters. The van der Waals surface area contributed by atoms with Crippen LogP contribution >= 0.6 is 0 Å². The molecule has 0 spiro atoms. The highest BCUT2D eigenvalue weighted by atomic mass is 16.2. The Morgan fingerprint density at radius 1 is 1.14 bits per heavy atom. The molecule has 1 aromatic carbocycles. The third-order valence-corrected chi connectivity index (χ3v) is 4.52. The highest BCUT2D eigenvalue weighted by molar-refractivity contribution is 6.09. The van der Waals surface area contributed by atoms with Crippen molar-refractivity contribution in [3.63, 3.8) is 0 Å². The summed E-state index contributed by atoms with van der Waals surface area (Å²) in [5.41, 5.74) is 1.76. The zero-order valence-corrected chi connectivity index (χ0v) is 12.8. The summed E-state index contributed by atoms with van der Waals surface area (Å²) in [6, 6.07) is 10.0. The van der Waals surface area contributed by atoms with Crippen molar-refractivity contribution in [3.8, 4) is 0 Å². The number of rotatable bonds is 5. The van der Waals surface area contributed by atoms with Gasteiger partial charge in [0.25, 0.3) is 0 Å². The smallest absolute Gasteiger partial charge is 0.235 e. The molecule has 21 heavy (non-hydrogen) atoms. The van der Waals surface area contributed by atoms with Crippen LogP contribution in [0.5, 0.6) is 0 Å². The predicted octanol–water partition coefficient (Wildman–Crippen LogP) is 4.17. The topological polar surface area (TPSA) is 33.2 Å². The Kier molecular flexibility index (Phi) is 3.66. The zero-order chi connectivity index (χ0) is 14.9. The second-order valence-electron chi connectivity index (χ2n) is 6.02. The minimum absolute atomic E-state index is 0.125. The Balaban J connectivity index is 1.94.